The van der Waals surface area contributed by atoms with Crippen LogP contribution in [0.3, 0.4) is 0 Å². The van der Waals surface area contributed by atoms with Crippen LogP contribution >= 0.6 is 38.5 Å². The fraction of sp³-hybridized carbons (Fsp3) is 0.357. The molecule has 1 aromatic carbocycles. The van der Waals surface area contributed by atoms with Crippen molar-refractivity contribution >= 4 is 38.5 Å². The summed E-state index contributed by atoms with van der Waals surface area (Å²) in [5.74, 6) is 1.06. The van der Waals surface area contributed by atoms with Crippen molar-refractivity contribution in [2.75, 3.05) is 7.05 Å². The predicted molar refractivity (Wildman–Crippen MR) is 90.3 cm³/mol. The van der Waals surface area contributed by atoms with Gasteiger partial charge in [-0.25, -0.2) is 4.98 Å². The Kier molecular flexibility index (Phi) is 5.41. The number of imidazole rings is 1. The maximum absolute atomic E-state index is 4.53. The van der Waals surface area contributed by atoms with Crippen molar-refractivity contribution in [2.24, 2.45) is 0 Å². The Labute approximate surface area is 136 Å². The van der Waals surface area contributed by atoms with E-state index in [0.29, 0.717) is 0 Å². The van der Waals surface area contributed by atoms with Crippen molar-refractivity contribution in [2.45, 2.75) is 25.9 Å². The first kappa shape index (κ1) is 15.0. The molecule has 2 rings (SSSR count). The maximum Gasteiger partial charge on any atom is 0.130 e. The number of hydrogen-bond acceptors (Lipinski definition) is 2. The molecule has 0 amide bonds. The average Bonchev–Trinajstić information content (AvgIpc) is 2.83. The van der Waals surface area contributed by atoms with E-state index in [0.717, 1.165) is 23.3 Å². The molecule has 3 nitrogen and oxygen atoms in total. The van der Waals surface area contributed by atoms with Gasteiger partial charge in [0.05, 0.1) is 6.04 Å². The van der Waals surface area contributed by atoms with Crippen molar-refractivity contribution in [1.29, 1.82) is 0 Å². The van der Waals surface area contributed by atoms with Gasteiger partial charge in [0.1, 0.15) is 5.82 Å². The van der Waals surface area contributed by atoms with Crippen LogP contribution < -0.4 is 5.32 Å². The summed E-state index contributed by atoms with van der Waals surface area (Å²) in [4.78, 5) is 4.53. The molecule has 0 saturated carbocycles. The highest BCUT2D eigenvalue weighted by molar-refractivity contribution is 14.1. The number of rotatable bonds is 5. The Morgan fingerprint density at radius 2 is 2.26 bits per heavy atom. The number of nitrogens with one attached hydrogen (secondary N) is 1. The summed E-state index contributed by atoms with van der Waals surface area (Å²) in [6, 6.07) is 6.48. The molecule has 1 N–H and O–H groups in total. The molecule has 1 atom stereocenters. The molecule has 1 unspecified atom stereocenters. The number of benzene rings is 1. The van der Waals surface area contributed by atoms with Crippen molar-refractivity contribution in [3.05, 3.63) is 50.0 Å². The van der Waals surface area contributed by atoms with Crippen LogP contribution in [0.15, 0.2) is 35.1 Å². The van der Waals surface area contributed by atoms with E-state index in [2.05, 4.69) is 78.5 Å². The summed E-state index contributed by atoms with van der Waals surface area (Å²) >= 11 is 5.98. The minimum atomic E-state index is 0.102. The number of hydrogen-bond donors (Lipinski definition) is 1. The smallest absolute Gasteiger partial charge is 0.130 e. The molecule has 0 spiro atoms. The van der Waals surface area contributed by atoms with Crippen LogP contribution in [-0.2, 0) is 6.54 Å². The Morgan fingerprint density at radius 3 is 2.95 bits per heavy atom. The van der Waals surface area contributed by atoms with E-state index in [1.54, 1.807) is 0 Å². The van der Waals surface area contributed by atoms with E-state index in [1.165, 1.54) is 9.13 Å². The molecule has 2 aromatic rings. The number of nitrogens with zero attached hydrogens (tertiary/aromatic N) is 2. The summed E-state index contributed by atoms with van der Waals surface area (Å²) in [7, 11) is 1.97. The van der Waals surface area contributed by atoms with Crippen LogP contribution in [0.25, 0.3) is 0 Å². The van der Waals surface area contributed by atoms with E-state index in [1.807, 2.05) is 19.4 Å². The number of aryl methyl sites for hydroxylation is 1. The van der Waals surface area contributed by atoms with Crippen molar-refractivity contribution in [3.8, 4) is 0 Å². The van der Waals surface area contributed by atoms with Gasteiger partial charge in [-0.1, -0.05) is 22.9 Å². The molecular formula is C14H17BrIN3. The van der Waals surface area contributed by atoms with Gasteiger partial charge in [-0.05, 0) is 59.8 Å². The quantitative estimate of drug-likeness (QED) is 0.723. The van der Waals surface area contributed by atoms with Crippen LogP contribution in [0.5, 0.6) is 0 Å². The average molecular weight is 434 g/mol. The minimum absolute atomic E-state index is 0.102. The predicted octanol–water partition coefficient (Wildman–Crippen LogP) is 3.97. The maximum atomic E-state index is 4.53. The largest absolute Gasteiger partial charge is 0.333 e. The lowest BCUT2D eigenvalue weighted by molar-refractivity contribution is 0.566. The molecular weight excluding hydrogens is 417 g/mol. The Balaban J connectivity index is 2.44. The molecule has 5 heteroatoms. The zero-order valence-corrected chi connectivity index (χ0v) is 14.8. The molecule has 1 heterocycles. The van der Waals surface area contributed by atoms with E-state index in [9.17, 15) is 0 Å². The molecule has 19 heavy (non-hydrogen) atoms. The van der Waals surface area contributed by atoms with Gasteiger partial charge in [0.15, 0.2) is 0 Å². The van der Waals surface area contributed by atoms with Crippen LogP contribution in [0.2, 0.25) is 0 Å². The second kappa shape index (κ2) is 6.85. The van der Waals surface area contributed by atoms with Gasteiger partial charge in [0.25, 0.3) is 0 Å². The first-order valence-electron chi connectivity index (χ1n) is 6.30. The highest BCUT2D eigenvalue weighted by Crippen LogP contribution is 2.29. The minimum Gasteiger partial charge on any atom is -0.333 e. The lowest BCUT2D eigenvalue weighted by atomic mass is 10.1. The lowest BCUT2D eigenvalue weighted by Gasteiger charge is -2.19. The molecule has 0 radical (unpaired) electrons. The van der Waals surface area contributed by atoms with Gasteiger partial charge in [0, 0.05) is 27.0 Å². The highest BCUT2D eigenvalue weighted by Gasteiger charge is 2.19. The molecule has 0 bridgehead atoms. The second-order valence-electron chi connectivity index (χ2n) is 4.37. The number of aromatic nitrogens is 2. The van der Waals surface area contributed by atoms with Crippen LogP contribution in [0, 0.1) is 3.57 Å². The summed E-state index contributed by atoms with van der Waals surface area (Å²) in [5.41, 5.74) is 1.22. The van der Waals surface area contributed by atoms with Gasteiger partial charge < -0.3 is 9.88 Å². The normalized spacial score (nSPS) is 12.6. The van der Waals surface area contributed by atoms with E-state index < -0.39 is 0 Å². The number of halogens is 2. The zero-order chi connectivity index (χ0) is 13.8. The van der Waals surface area contributed by atoms with E-state index in [4.69, 9.17) is 0 Å². The molecule has 1 aromatic heterocycles. The third kappa shape index (κ3) is 3.38. The van der Waals surface area contributed by atoms with E-state index >= 15 is 0 Å². The van der Waals surface area contributed by atoms with Crippen LogP contribution in [-0.4, -0.2) is 16.6 Å². The zero-order valence-electron chi connectivity index (χ0n) is 11.0. The van der Waals surface area contributed by atoms with Crippen molar-refractivity contribution < 1.29 is 0 Å². The Hall–Kier alpha value is -0.400. The SMILES string of the molecule is CCCn1ccnc1C(NC)c1cc(I)ccc1Br. The molecule has 102 valence electrons. The van der Waals surface area contributed by atoms with Gasteiger partial charge >= 0.3 is 0 Å². The van der Waals surface area contributed by atoms with Crippen molar-refractivity contribution in [3.63, 3.8) is 0 Å². The van der Waals surface area contributed by atoms with Crippen LogP contribution in [0.4, 0.5) is 0 Å². The molecule has 0 saturated heterocycles. The standard InChI is InChI=1S/C14H17BrIN3/c1-3-7-19-8-6-18-14(19)13(17-2)11-9-10(16)4-5-12(11)15/h4-6,8-9,13,17H,3,7H2,1-2H3. The Morgan fingerprint density at radius 1 is 1.47 bits per heavy atom. The lowest BCUT2D eigenvalue weighted by Crippen LogP contribution is -2.22. The van der Waals surface area contributed by atoms with Crippen molar-refractivity contribution in [1.82, 2.24) is 14.9 Å². The molecule has 0 aliphatic heterocycles. The van der Waals surface area contributed by atoms with Gasteiger partial charge in [-0.15, -0.1) is 0 Å². The monoisotopic (exact) mass is 433 g/mol. The van der Waals surface area contributed by atoms with Gasteiger partial charge in [-0.2, -0.15) is 0 Å². The first-order chi connectivity index (χ1) is 9.17. The fourth-order valence-corrected chi connectivity index (χ4v) is 3.16. The van der Waals surface area contributed by atoms with Gasteiger partial charge in [-0.3, -0.25) is 0 Å². The fourth-order valence-electron chi connectivity index (χ4n) is 2.17. The summed E-state index contributed by atoms with van der Waals surface area (Å²) in [6.45, 7) is 3.18. The first-order valence-corrected chi connectivity index (χ1v) is 8.17. The third-order valence-corrected chi connectivity index (χ3v) is 4.42. The highest BCUT2D eigenvalue weighted by atomic mass is 127. The third-order valence-electron chi connectivity index (χ3n) is 3.03. The van der Waals surface area contributed by atoms with Crippen LogP contribution in [0.1, 0.15) is 30.8 Å². The second-order valence-corrected chi connectivity index (χ2v) is 6.47. The summed E-state index contributed by atoms with van der Waals surface area (Å²) in [6.07, 6.45) is 5.02. The van der Waals surface area contributed by atoms with Gasteiger partial charge in [0.2, 0.25) is 0 Å². The Bertz CT molecular complexity index is 553. The topological polar surface area (TPSA) is 29.9 Å². The molecule has 0 aliphatic carbocycles. The molecule has 0 aliphatic rings. The molecule has 0 fully saturated rings. The summed E-state index contributed by atoms with van der Waals surface area (Å²) in [5, 5.41) is 3.37. The summed E-state index contributed by atoms with van der Waals surface area (Å²) < 4.78 is 4.55. The van der Waals surface area contributed by atoms with E-state index in [-0.39, 0.29) is 6.04 Å².